The Bertz CT molecular complexity index is 125. The van der Waals surface area contributed by atoms with Gasteiger partial charge in [-0.25, -0.2) is 9.68 Å². The molecule has 0 radical (unpaired) electrons. The highest BCUT2D eigenvalue weighted by atomic mass is 17.2. The summed E-state index contributed by atoms with van der Waals surface area (Å²) in [4.78, 5) is 22.8. The van der Waals surface area contributed by atoms with Crippen molar-refractivity contribution in [1.29, 1.82) is 0 Å². The van der Waals surface area contributed by atoms with Gasteiger partial charge in [-0.05, 0) is 20.8 Å². The molecule has 0 saturated carbocycles. The van der Waals surface area contributed by atoms with Gasteiger partial charge in [0.05, 0.1) is 0 Å². The van der Waals surface area contributed by atoms with Crippen LogP contribution in [0.25, 0.3) is 0 Å². The van der Waals surface area contributed by atoms with Crippen molar-refractivity contribution >= 4 is 5.97 Å². The third-order valence-electron chi connectivity index (χ3n) is 0.567. The van der Waals surface area contributed by atoms with E-state index >= 15 is 0 Å². The quantitative estimate of drug-likeness (QED) is 0.492. The first-order valence-electron chi connectivity index (χ1n) is 3.10. The van der Waals surface area contributed by atoms with E-state index in [1.165, 1.54) is 0 Å². The third-order valence-corrected chi connectivity index (χ3v) is 0.567. The Morgan fingerprint density at radius 3 is 2.36 bits per heavy atom. The maximum Gasteiger partial charge on any atom is 0.371 e. The number of rotatable bonds is 3. The van der Waals surface area contributed by atoms with E-state index in [4.69, 9.17) is 5.26 Å². The van der Waals surface area contributed by atoms with Crippen LogP contribution in [0.3, 0.4) is 0 Å². The van der Waals surface area contributed by atoms with Crippen LogP contribution in [-0.4, -0.2) is 23.4 Å². The molecule has 0 atom stereocenters. The topological polar surface area (TPSA) is 65.0 Å². The molecule has 0 saturated heterocycles. The molecule has 0 fully saturated rings. The van der Waals surface area contributed by atoms with E-state index < -0.39 is 18.2 Å². The predicted octanol–water partition coefficient (Wildman–Crippen LogP) is 0.749. The molecule has 0 aromatic carbocycles. The van der Waals surface area contributed by atoms with Crippen LogP contribution in [-0.2, 0) is 19.5 Å². The Kier molecular flexibility index (Phi) is 4.02. The van der Waals surface area contributed by atoms with Crippen molar-refractivity contribution in [3.05, 3.63) is 0 Å². The van der Waals surface area contributed by atoms with Crippen LogP contribution >= 0.6 is 0 Å². The summed E-state index contributed by atoms with van der Waals surface area (Å²) in [6.07, 6.45) is 0. The van der Waals surface area contributed by atoms with Crippen molar-refractivity contribution in [2.24, 2.45) is 0 Å². The molecule has 0 aliphatic rings. The van der Waals surface area contributed by atoms with Crippen molar-refractivity contribution in [2.45, 2.75) is 26.4 Å². The fraction of sp³-hybridized carbons (Fsp3) is 0.833. The molecule has 0 amide bonds. The first-order valence-corrected chi connectivity index (χ1v) is 3.10. The predicted molar refractivity (Wildman–Crippen MR) is 35.5 cm³/mol. The Labute approximate surface area is 64.7 Å². The summed E-state index contributed by atoms with van der Waals surface area (Å²) in [6.45, 7) is 4.64. The molecule has 0 unspecified atom stereocenters. The highest BCUT2D eigenvalue weighted by Gasteiger charge is 2.14. The van der Waals surface area contributed by atoms with Crippen molar-refractivity contribution in [1.82, 2.24) is 0 Å². The molecule has 0 spiro atoms. The van der Waals surface area contributed by atoms with Gasteiger partial charge in [-0.3, -0.25) is 10.1 Å². The molecule has 0 aromatic heterocycles. The fourth-order valence-corrected chi connectivity index (χ4v) is 0.248. The number of hydrogen-bond donors (Lipinski definition) is 1. The van der Waals surface area contributed by atoms with Gasteiger partial charge in [0.15, 0.2) is 6.61 Å². The van der Waals surface area contributed by atoms with Gasteiger partial charge in [0.25, 0.3) is 0 Å². The van der Waals surface area contributed by atoms with Crippen LogP contribution in [0, 0.1) is 0 Å². The lowest BCUT2D eigenvalue weighted by atomic mass is 10.2. The van der Waals surface area contributed by atoms with E-state index in [2.05, 4.69) is 14.7 Å². The maximum atomic E-state index is 10.5. The average molecular weight is 164 g/mol. The van der Waals surface area contributed by atoms with Gasteiger partial charge in [0.1, 0.15) is 5.60 Å². The smallest absolute Gasteiger partial charge is 0.295 e. The number of carbonyl (C=O) groups is 1. The molecule has 11 heavy (non-hydrogen) atoms. The summed E-state index contributed by atoms with van der Waals surface area (Å²) >= 11 is 0. The van der Waals surface area contributed by atoms with Gasteiger partial charge in [-0.1, -0.05) is 0 Å². The lowest BCUT2D eigenvalue weighted by Gasteiger charge is -2.15. The Morgan fingerprint density at radius 2 is 2.00 bits per heavy atom. The van der Waals surface area contributed by atoms with Crippen LogP contribution < -0.4 is 0 Å². The van der Waals surface area contributed by atoms with E-state index in [0.29, 0.717) is 0 Å². The summed E-state index contributed by atoms with van der Waals surface area (Å²) in [6, 6.07) is 0. The van der Waals surface area contributed by atoms with E-state index in [9.17, 15) is 4.79 Å². The molecule has 0 heterocycles. The first kappa shape index (κ1) is 10.3. The lowest BCUT2D eigenvalue weighted by molar-refractivity contribution is -0.331. The van der Waals surface area contributed by atoms with Crippen molar-refractivity contribution in [3.63, 3.8) is 0 Å². The minimum atomic E-state index is -0.776. The minimum absolute atomic E-state index is 0.532. The van der Waals surface area contributed by atoms with Crippen molar-refractivity contribution in [3.8, 4) is 0 Å². The van der Waals surface area contributed by atoms with Crippen molar-refractivity contribution < 1.29 is 24.7 Å². The zero-order chi connectivity index (χ0) is 8.91. The van der Waals surface area contributed by atoms with Crippen LogP contribution in [0.4, 0.5) is 0 Å². The second-order valence-corrected chi connectivity index (χ2v) is 2.92. The summed E-state index contributed by atoms with van der Waals surface area (Å²) in [5.74, 6) is -0.776. The van der Waals surface area contributed by atoms with Crippen LogP contribution in [0.1, 0.15) is 20.8 Å². The normalized spacial score (nSPS) is 11.3. The monoisotopic (exact) mass is 164 g/mol. The number of carbonyl (C=O) groups excluding carboxylic acids is 1. The average Bonchev–Trinajstić information content (AvgIpc) is 1.83. The Hall–Kier alpha value is -0.650. The second kappa shape index (κ2) is 4.27. The molecule has 0 aliphatic heterocycles. The van der Waals surface area contributed by atoms with Gasteiger partial charge in [-0.15, -0.1) is 0 Å². The van der Waals surface area contributed by atoms with Crippen LogP contribution in [0.15, 0.2) is 0 Å². The van der Waals surface area contributed by atoms with Gasteiger partial charge in [0, 0.05) is 0 Å². The second-order valence-electron chi connectivity index (χ2n) is 2.92. The molecule has 66 valence electrons. The van der Waals surface area contributed by atoms with E-state index in [0.717, 1.165) is 0 Å². The van der Waals surface area contributed by atoms with E-state index in [1.807, 2.05) is 0 Å². The highest BCUT2D eigenvalue weighted by Crippen LogP contribution is 2.06. The van der Waals surface area contributed by atoms with Crippen LogP contribution in [0.2, 0.25) is 0 Å². The standard InChI is InChI=1S/C6H12O5/c1-6(2,3)11-10-5(7)4-9-8/h8H,4H2,1-3H3. The molecule has 0 rings (SSSR count). The molecular weight excluding hydrogens is 152 g/mol. The van der Waals surface area contributed by atoms with Gasteiger partial charge in [0.2, 0.25) is 0 Å². The largest absolute Gasteiger partial charge is 0.371 e. The van der Waals surface area contributed by atoms with Gasteiger partial charge < -0.3 is 0 Å². The van der Waals surface area contributed by atoms with Crippen LogP contribution in [0.5, 0.6) is 0 Å². The fourth-order valence-electron chi connectivity index (χ4n) is 0.248. The SMILES string of the molecule is CC(C)(C)OOC(=O)COO. The Morgan fingerprint density at radius 1 is 1.45 bits per heavy atom. The zero-order valence-corrected chi connectivity index (χ0v) is 6.79. The van der Waals surface area contributed by atoms with Gasteiger partial charge >= 0.3 is 5.97 Å². The summed E-state index contributed by atoms with van der Waals surface area (Å²) in [7, 11) is 0. The van der Waals surface area contributed by atoms with Crippen molar-refractivity contribution in [2.75, 3.05) is 6.61 Å². The molecule has 5 nitrogen and oxygen atoms in total. The first-order chi connectivity index (χ1) is 4.95. The van der Waals surface area contributed by atoms with Gasteiger partial charge in [-0.2, -0.15) is 4.89 Å². The minimum Gasteiger partial charge on any atom is -0.295 e. The summed E-state index contributed by atoms with van der Waals surface area (Å²) in [5.41, 5.74) is -0.550. The molecule has 0 bridgehead atoms. The number of hydrogen-bond acceptors (Lipinski definition) is 5. The molecule has 0 aliphatic carbocycles. The molecule has 5 heteroatoms. The molecule has 1 N–H and O–H groups in total. The van der Waals surface area contributed by atoms with E-state index in [1.54, 1.807) is 20.8 Å². The van der Waals surface area contributed by atoms with E-state index in [-0.39, 0.29) is 0 Å². The zero-order valence-electron chi connectivity index (χ0n) is 6.79. The lowest BCUT2D eigenvalue weighted by Crippen LogP contribution is -2.23. The molecule has 0 aromatic rings. The molecular formula is C6H12O5. The summed E-state index contributed by atoms with van der Waals surface area (Å²) in [5, 5.41) is 7.81. The maximum absolute atomic E-state index is 10.5. The summed E-state index contributed by atoms with van der Waals surface area (Å²) < 4.78 is 0. The Balaban J connectivity index is 3.46. The third kappa shape index (κ3) is 7.24. The highest BCUT2D eigenvalue weighted by molar-refractivity contribution is 5.69.